The first-order valence-electron chi connectivity index (χ1n) is 6.08. The van der Waals surface area contributed by atoms with E-state index in [1.54, 1.807) is 6.33 Å². The molecule has 2 aromatic rings. The molecule has 0 radical (unpaired) electrons. The maximum atomic E-state index is 6.23. The quantitative estimate of drug-likeness (QED) is 0.924. The summed E-state index contributed by atoms with van der Waals surface area (Å²) in [7, 11) is 0. The van der Waals surface area contributed by atoms with Crippen molar-refractivity contribution in [2.24, 2.45) is 5.73 Å². The summed E-state index contributed by atoms with van der Waals surface area (Å²) >= 11 is 9.60. The summed E-state index contributed by atoms with van der Waals surface area (Å²) in [6.45, 7) is 4.13. The average Bonchev–Trinajstić information content (AvgIpc) is 2.76. The van der Waals surface area contributed by atoms with Crippen LogP contribution in [0.2, 0.25) is 5.02 Å². The molecule has 0 saturated heterocycles. The number of halogens is 2. The normalized spacial score (nSPS) is 12.9. The average molecular weight is 344 g/mol. The van der Waals surface area contributed by atoms with Gasteiger partial charge in [-0.05, 0) is 31.5 Å². The Labute approximate surface area is 126 Å². The minimum absolute atomic E-state index is 0.192. The molecule has 1 unspecified atom stereocenters. The van der Waals surface area contributed by atoms with E-state index in [-0.39, 0.29) is 12.1 Å². The van der Waals surface area contributed by atoms with Crippen molar-refractivity contribution in [2.75, 3.05) is 0 Å². The molecule has 2 N–H and O–H groups in total. The molecule has 6 heteroatoms. The molecule has 1 heterocycles. The van der Waals surface area contributed by atoms with E-state index in [1.165, 1.54) is 0 Å². The van der Waals surface area contributed by atoms with E-state index in [0.717, 1.165) is 15.9 Å². The molecule has 0 spiro atoms. The molecule has 1 aromatic heterocycles. The highest BCUT2D eigenvalue weighted by Gasteiger charge is 2.15. The lowest BCUT2D eigenvalue weighted by atomic mass is 10.0. The van der Waals surface area contributed by atoms with Gasteiger partial charge < -0.3 is 5.73 Å². The van der Waals surface area contributed by atoms with Gasteiger partial charge in [0.15, 0.2) is 0 Å². The number of aromatic nitrogens is 3. The van der Waals surface area contributed by atoms with Crippen LogP contribution in [0.4, 0.5) is 0 Å². The zero-order chi connectivity index (χ0) is 14.0. The SMILES string of the molecule is CC(C)n1ncnc1CC(N)c1ccc(Br)cc1Cl. The van der Waals surface area contributed by atoms with Gasteiger partial charge in [-0.25, -0.2) is 9.67 Å². The van der Waals surface area contributed by atoms with Gasteiger partial charge >= 0.3 is 0 Å². The second kappa shape index (κ2) is 6.03. The molecule has 19 heavy (non-hydrogen) atoms. The van der Waals surface area contributed by atoms with Crippen molar-refractivity contribution in [2.45, 2.75) is 32.4 Å². The first-order valence-corrected chi connectivity index (χ1v) is 7.25. The van der Waals surface area contributed by atoms with Gasteiger partial charge in [0, 0.05) is 28.0 Å². The van der Waals surface area contributed by atoms with Gasteiger partial charge in [0.1, 0.15) is 12.2 Å². The zero-order valence-electron chi connectivity index (χ0n) is 10.8. The Hall–Kier alpha value is -0.910. The standard InChI is InChI=1S/C13H16BrClN4/c1-8(2)19-13(17-7-18-19)6-12(16)10-4-3-9(14)5-11(10)15/h3-5,7-8,12H,6,16H2,1-2H3. The Bertz CT molecular complexity index is 568. The highest BCUT2D eigenvalue weighted by molar-refractivity contribution is 9.10. The Balaban J connectivity index is 2.21. The molecule has 0 fully saturated rings. The van der Waals surface area contributed by atoms with Crippen LogP contribution in [0.25, 0.3) is 0 Å². The molecule has 1 aromatic carbocycles. The number of hydrogen-bond donors (Lipinski definition) is 1. The number of rotatable bonds is 4. The third-order valence-electron chi connectivity index (χ3n) is 2.90. The summed E-state index contributed by atoms with van der Waals surface area (Å²) in [4.78, 5) is 4.27. The van der Waals surface area contributed by atoms with E-state index >= 15 is 0 Å². The van der Waals surface area contributed by atoms with Crippen molar-refractivity contribution in [3.63, 3.8) is 0 Å². The van der Waals surface area contributed by atoms with E-state index in [1.807, 2.05) is 22.9 Å². The molecule has 4 nitrogen and oxygen atoms in total. The molecule has 102 valence electrons. The molecular formula is C13H16BrClN4. The summed E-state index contributed by atoms with van der Waals surface area (Å²) in [6.07, 6.45) is 2.17. The van der Waals surface area contributed by atoms with Gasteiger partial charge in [-0.3, -0.25) is 0 Å². The van der Waals surface area contributed by atoms with Crippen molar-refractivity contribution in [1.29, 1.82) is 0 Å². The van der Waals surface area contributed by atoms with Crippen molar-refractivity contribution in [3.05, 3.63) is 45.4 Å². The zero-order valence-corrected chi connectivity index (χ0v) is 13.2. The van der Waals surface area contributed by atoms with E-state index in [0.29, 0.717) is 11.4 Å². The van der Waals surface area contributed by atoms with Crippen molar-refractivity contribution in [3.8, 4) is 0 Å². The van der Waals surface area contributed by atoms with Gasteiger partial charge in [-0.2, -0.15) is 5.10 Å². The fourth-order valence-corrected chi connectivity index (χ4v) is 2.77. The molecule has 0 aliphatic heterocycles. The number of benzene rings is 1. The van der Waals surface area contributed by atoms with Crippen LogP contribution >= 0.6 is 27.5 Å². The number of nitrogens with zero attached hydrogens (tertiary/aromatic N) is 3. The maximum Gasteiger partial charge on any atom is 0.138 e. The van der Waals surface area contributed by atoms with Crippen molar-refractivity contribution < 1.29 is 0 Å². The first-order chi connectivity index (χ1) is 8.99. The third kappa shape index (κ3) is 3.35. The fraction of sp³-hybridized carbons (Fsp3) is 0.385. The molecule has 0 saturated carbocycles. The summed E-state index contributed by atoms with van der Waals surface area (Å²) in [6, 6.07) is 5.80. The highest BCUT2D eigenvalue weighted by atomic mass is 79.9. The van der Waals surface area contributed by atoms with Crippen LogP contribution in [-0.2, 0) is 6.42 Å². The Kier molecular flexibility index (Phi) is 4.60. The second-order valence-electron chi connectivity index (χ2n) is 4.69. The molecule has 0 bridgehead atoms. The molecule has 2 rings (SSSR count). The largest absolute Gasteiger partial charge is 0.324 e. The van der Waals surface area contributed by atoms with Gasteiger partial charge in [0.05, 0.1) is 0 Å². The van der Waals surface area contributed by atoms with Gasteiger partial charge in [-0.15, -0.1) is 0 Å². The van der Waals surface area contributed by atoms with Gasteiger partial charge in [-0.1, -0.05) is 33.6 Å². The minimum Gasteiger partial charge on any atom is -0.324 e. The summed E-state index contributed by atoms with van der Waals surface area (Å²) < 4.78 is 2.82. The predicted octanol–water partition coefficient (Wildman–Crippen LogP) is 3.52. The Morgan fingerprint density at radius 3 is 2.79 bits per heavy atom. The predicted molar refractivity (Wildman–Crippen MR) is 80.2 cm³/mol. The van der Waals surface area contributed by atoms with Crippen molar-refractivity contribution >= 4 is 27.5 Å². The lowest BCUT2D eigenvalue weighted by Gasteiger charge is -2.15. The van der Waals surface area contributed by atoms with Gasteiger partial charge in [0.25, 0.3) is 0 Å². The molecular weight excluding hydrogens is 328 g/mol. The lowest BCUT2D eigenvalue weighted by Crippen LogP contribution is -2.18. The summed E-state index contributed by atoms with van der Waals surface area (Å²) in [5.74, 6) is 0.876. The Morgan fingerprint density at radius 2 is 2.16 bits per heavy atom. The number of hydrogen-bond acceptors (Lipinski definition) is 3. The second-order valence-corrected chi connectivity index (χ2v) is 6.01. The van der Waals surface area contributed by atoms with Crippen LogP contribution in [-0.4, -0.2) is 14.8 Å². The van der Waals surface area contributed by atoms with E-state index in [2.05, 4.69) is 39.9 Å². The van der Waals surface area contributed by atoms with Crippen LogP contribution in [0.15, 0.2) is 29.0 Å². The Morgan fingerprint density at radius 1 is 1.42 bits per heavy atom. The molecule has 0 aliphatic carbocycles. The van der Waals surface area contributed by atoms with Crippen LogP contribution in [0, 0.1) is 0 Å². The summed E-state index contributed by atoms with van der Waals surface area (Å²) in [5.41, 5.74) is 7.14. The first kappa shape index (κ1) is 14.5. The third-order valence-corrected chi connectivity index (χ3v) is 3.72. The van der Waals surface area contributed by atoms with Gasteiger partial charge in [0.2, 0.25) is 0 Å². The summed E-state index contributed by atoms with van der Waals surface area (Å²) in [5, 5.41) is 4.87. The smallest absolute Gasteiger partial charge is 0.138 e. The lowest BCUT2D eigenvalue weighted by molar-refractivity contribution is 0.493. The minimum atomic E-state index is -0.192. The van der Waals surface area contributed by atoms with E-state index in [9.17, 15) is 0 Å². The number of nitrogens with two attached hydrogens (primary N) is 1. The topological polar surface area (TPSA) is 56.7 Å². The molecule has 0 aliphatic rings. The van der Waals surface area contributed by atoms with E-state index < -0.39 is 0 Å². The monoisotopic (exact) mass is 342 g/mol. The highest BCUT2D eigenvalue weighted by Crippen LogP contribution is 2.27. The maximum absolute atomic E-state index is 6.23. The van der Waals surface area contributed by atoms with Crippen LogP contribution in [0.5, 0.6) is 0 Å². The van der Waals surface area contributed by atoms with Crippen LogP contribution in [0.1, 0.15) is 37.3 Å². The van der Waals surface area contributed by atoms with E-state index in [4.69, 9.17) is 17.3 Å². The molecule has 1 atom stereocenters. The van der Waals surface area contributed by atoms with Crippen LogP contribution < -0.4 is 5.73 Å². The molecule has 0 amide bonds. The van der Waals surface area contributed by atoms with Crippen LogP contribution in [0.3, 0.4) is 0 Å². The van der Waals surface area contributed by atoms with Crippen molar-refractivity contribution in [1.82, 2.24) is 14.8 Å². The fourth-order valence-electron chi connectivity index (χ4n) is 1.96.